The molecule has 0 aromatic carbocycles. The number of hydrogen-bond donors (Lipinski definition) is 1. The topological polar surface area (TPSA) is 17.0 Å². The Hall–Kier alpha value is -0.470. The molecule has 16 heavy (non-hydrogen) atoms. The minimum atomic E-state index is 0.584. The van der Waals surface area contributed by atoms with Gasteiger partial charge in [0.1, 0.15) is 0 Å². The van der Waals surface area contributed by atoms with Gasteiger partial charge in [0.05, 0.1) is 5.02 Å². The summed E-state index contributed by atoms with van der Waals surface area (Å²) in [5.41, 5.74) is 1.24. The molecule has 0 fully saturated rings. The van der Waals surface area contributed by atoms with E-state index in [4.69, 9.17) is 11.6 Å². The number of nitrogens with zero attached hydrogens (tertiary/aromatic N) is 1. The highest BCUT2D eigenvalue weighted by Gasteiger charge is 2.04. The first-order valence-corrected chi connectivity index (χ1v) is 6.55. The lowest BCUT2D eigenvalue weighted by molar-refractivity contribution is 0.480. The lowest BCUT2D eigenvalue weighted by Gasteiger charge is -2.13. The fourth-order valence-corrected chi connectivity index (χ4v) is 2.10. The SMILES string of the molecule is CCCCCC(C)NCc1cc(Cl)cn1C. The molecule has 0 spiro atoms. The van der Waals surface area contributed by atoms with Crippen LogP contribution in [0.15, 0.2) is 12.3 Å². The summed E-state index contributed by atoms with van der Waals surface area (Å²) in [7, 11) is 2.03. The second-order valence-electron chi connectivity index (χ2n) is 4.54. The standard InChI is InChI=1S/C13H23ClN2/c1-4-5-6-7-11(2)15-9-13-8-12(14)10-16(13)3/h8,10-11,15H,4-7,9H2,1-3H3. The Balaban J connectivity index is 2.26. The van der Waals surface area contributed by atoms with Gasteiger partial charge in [-0.15, -0.1) is 0 Å². The molecule has 1 atom stereocenters. The van der Waals surface area contributed by atoms with Crippen LogP contribution in [0.4, 0.5) is 0 Å². The van der Waals surface area contributed by atoms with Gasteiger partial charge in [0, 0.05) is 31.5 Å². The van der Waals surface area contributed by atoms with Gasteiger partial charge in [-0.1, -0.05) is 37.8 Å². The van der Waals surface area contributed by atoms with Crippen molar-refractivity contribution < 1.29 is 0 Å². The van der Waals surface area contributed by atoms with Gasteiger partial charge >= 0.3 is 0 Å². The summed E-state index contributed by atoms with van der Waals surface area (Å²) in [6.45, 7) is 5.39. The minimum Gasteiger partial charge on any atom is -0.352 e. The number of nitrogens with one attached hydrogen (secondary N) is 1. The first-order chi connectivity index (χ1) is 7.63. The summed E-state index contributed by atoms with van der Waals surface area (Å²) in [4.78, 5) is 0. The molecule has 0 saturated carbocycles. The van der Waals surface area contributed by atoms with Crippen molar-refractivity contribution in [1.82, 2.24) is 9.88 Å². The van der Waals surface area contributed by atoms with Crippen molar-refractivity contribution in [3.63, 3.8) is 0 Å². The number of aromatic nitrogens is 1. The van der Waals surface area contributed by atoms with Gasteiger partial charge in [0.2, 0.25) is 0 Å². The Labute approximate surface area is 104 Å². The molecule has 3 heteroatoms. The average Bonchev–Trinajstić information content (AvgIpc) is 2.55. The number of hydrogen-bond acceptors (Lipinski definition) is 1. The quantitative estimate of drug-likeness (QED) is 0.721. The lowest BCUT2D eigenvalue weighted by Crippen LogP contribution is -2.26. The van der Waals surface area contributed by atoms with Crippen LogP contribution in [-0.2, 0) is 13.6 Å². The van der Waals surface area contributed by atoms with Gasteiger partial charge < -0.3 is 9.88 Å². The van der Waals surface area contributed by atoms with Crippen LogP contribution in [-0.4, -0.2) is 10.6 Å². The van der Waals surface area contributed by atoms with E-state index in [0.29, 0.717) is 6.04 Å². The predicted molar refractivity (Wildman–Crippen MR) is 70.9 cm³/mol. The first-order valence-electron chi connectivity index (χ1n) is 6.17. The van der Waals surface area contributed by atoms with E-state index in [2.05, 4.69) is 23.7 Å². The van der Waals surface area contributed by atoms with Gasteiger partial charge in [-0.3, -0.25) is 0 Å². The smallest absolute Gasteiger partial charge is 0.0585 e. The molecule has 1 aromatic heterocycles. The van der Waals surface area contributed by atoms with Crippen LogP contribution in [0.1, 0.15) is 45.2 Å². The zero-order chi connectivity index (χ0) is 12.0. The normalized spacial score (nSPS) is 13.0. The van der Waals surface area contributed by atoms with E-state index in [1.807, 2.05) is 19.3 Å². The molecule has 0 aliphatic rings. The third kappa shape index (κ3) is 4.58. The van der Waals surface area contributed by atoms with E-state index in [0.717, 1.165) is 11.6 Å². The fraction of sp³-hybridized carbons (Fsp3) is 0.692. The molecule has 1 aromatic rings. The molecule has 0 amide bonds. The highest BCUT2D eigenvalue weighted by atomic mass is 35.5. The number of rotatable bonds is 7. The van der Waals surface area contributed by atoms with Crippen LogP contribution in [0.2, 0.25) is 5.02 Å². The molecule has 1 N–H and O–H groups in total. The summed E-state index contributed by atoms with van der Waals surface area (Å²) in [6.07, 6.45) is 7.15. The number of unbranched alkanes of at least 4 members (excludes halogenated alkanes) is 2. The van der Waals surface area contributed by atoms with E-state index in [-0.39, 0.29) is 0 Å². The molecule has 0 radical (unpaired) electrons. The Bertz CT molecular complexity index is 307. The Morgan fingerprint density at radius 3 is 2.75 bits per heavy atom. The predicted octanol–water partition coefficient (Wildman–Crippen LogP) is 3.74. The molecular formula is C13H23ClN2. The zero-order valence-corrected chi connectivity index (χ0v) is 11.3. The fourth-order valence-electron chi connectivity index (χ4n) is 1.82. The Morgan fingerprint density at radius 2 is 2.19 bits per heavy atom. The van der Waals surface area contributed by atoms with Crippen molar-refractivity contribution in [1.29, 1.82) is 0 Å². The van der Waals surface area contributed by atoms with E-state index < -0.39 is 0 Å². The van der Waals surface area contributed by atoms with E-state index in [1.54, 1.807) is 0 Å². The molecule has 92 valence electrons. The second-order valence-corrected chi connectivity index (χ2v) is 4.97. The minimum absolute atomic E-state index is 0.584. The van der Waals surface area contributed by atoms with E-state index >= 15 is 0 Å². The third-order valence-corrected chi connectivity index (χ3v) is 3.15. The third-order valence-electron chi connectivity index (χ3n) is 2.95. The van der Waals surface area contributed by atoms with Crippen molar-refractivity contribution in [2.45, 2.75) is 52.1 Å². The van der Waals surface area contributed by atoms with Crippen molar-refractivity contribution in [2.24, 2.45) is 7.05 Å². The van der Waals surface area contributed by atoms with Crippen LogP contribution in [0.25, 0.3) is 0 Å². The maximum atomic E-state index is 5.93. The van der Waals surface area contributed by atoms with Crippen molar-refractivity contribution in [2.75, 3.05) is 0 Å². The number of aryl methyl sites for hydroxylation is 1. The first kappa shape index (κ1) is 13.6. The van der Waals surface area contributed by atoms with Crippen LogP contribution in [0.5, 0.6) is 0 Å². The molecule has 0 saturated heterocycles. The van der Waals surface area contributed by atoms with Gasteiger partial charge in [-0.25, -0.2) is 0 Å². The summed E-state index contributed by atoms with van der Waals surface area (Å²) >= 11 is 5.93. The molecule has 0 aliphatic carbocycles. The van der Waals surface area contributed by atoms with E-state index in [1.165, 1.54) is 31.4 Å². The Morgan fingerprint density at radius 1 is 1.44 bits per heavy atom. The van der Waals surface area contributed by atoms with Crippen LogP contribution >= 0.6 is 11.6 Å². The molecule has 2 nitrogen and oxygen atoms in total. The molecular weight excluding hydrogens is 220 g/mol. The second kappa shape index (κ2) is 6.97. The van der Waals surface area contributed by atoms with Gasteiger partial charge in [-0.2, -0.15) is 0 Å². The maximum Gasteiger partial charge on any atom is 0.0585 e. The molecule has 0 aliphatic heterocycles. The van der Waals surface area contributed by atoms with Crippen LogP contribution < -0.4 is 5.32 Å². The number of halogens is 1. The molecule has 1 heterocycles. The van der Waals surface area contributed by atoms with Crippen molar-refractivity contribution >= 4 is 11.6 Å². The highest BCUT2D eigenvalue weighted by molar-refractivity contribution is 6.30. The van der Waals surface area contributed by atoms with E-state index in [9.17, 15) is 0 Å². The largest absolute Gasteiger partial charge is 0.352 e. The molecule has 0 bridgehead atoms. The van der Waals surface area contributed by atoms with Crippen molar-refractivity contribution in [3.05, 3.63) is 23.0 Å². The van der Waals surface area contributed by atoms with Crippen LogP contribution in [0.3, 0.4) is 0 Å². The van der Waals surface area contributed by atoms with Crippen LogP contribution in [0, 0.1) is 0 Å². The van der Waals surface area contributed by atoms with Gasteiger partial charge in [0.25, 0.3) is 0 Å². The monoisotopic (exact) mass is 242 g/mol. The molecule has 1 rings (SSSR count). The Kier molecular flexibility index (Phi) is 5.93. The maximum absolute atomic E-state index is 5.93. The van der Waals surface area contributed by atoms with Crippen molar-refractivity contribution in [3.8, 4) is 0 Å². The summed E-state index contributed by atoms with van der Waals surface area (Å²) in [6, 6.07) is 2.60. The zero-order valence-electron chi connectivity index (χ0n) is 10.6. The summed E-state index contributed by atoms with van der Waals surface area (Å²) < 4.78 is 2.08. The van der Waals surface area contributed by atoms with Gasteiger partial charge in [-0.05, 0) is 19.4 Å². The van der Waals surface area contributed by atoms with Gasteiger partial charge in [0.15, 0.2) is 0 Å². The summed E-state index contributed by atoms with van der Waals surface area (Å²) in [5, 5.41) is 4.35. The highest BCUT2D eigenvalue weighted by Crippen LogP contribution is 2.13. The molecule has 1 unspecified atom stereocenters. The average molecular weight is 243 g/mol. The summed E-state index contributed by atoms with van der Waals surface area (Å²) in [5.74, 6) is 0. The lowest BCUT2D eigenvalue weighted by atomic mass is 10.1.